The van der Waals surface area contributed by atoms with Gasteiger partial charge in [-0.05, 0) is 53.6 Å². The van der Waals surface area contributed by atoms with E-state index < -0.39 is 0 Å². The second-order valence-corrected chi connectivity index (χ2v) is 6.41. The van der Waals surface area contributed by atoms with Crippen molar-refractivity contribution in [3.8, 4) is 0 Å². The van der Waals surface area contributed by atoms with Gasteiger partial charge >= 0.3 is 0 Å². The van der Waals surface area contributed by atoms with Gasteiger partial charge in [0.1, 0.15) is 0 Å². The van der Waals surface area contributed by atoms with Gasteiger partial charge in [-0.25, -0.2) is 0 Å². The molecule has 5 heteroatoms. The lowest BCUT2D eigenvalue weighted by Crippen LogP contribution is -2.42. The third kappa shape index (κ3) is 3.61. The first kappa shape index (κ1) is 15.1. The molecule has 1 heterocycles. The molecule has 1 aromatic rings. The van der Waals surface area contributed by atoms with Crippen molar-refractivity contribution < 1.29 is 9.90 Å². The van der Waals surface area contributed by atoms with E-state index in [1.807, 2.05) is 6.07 Å². The maximum Gasteiger partial charge on any atom is 0.255 e. The molecule has 1 saturated heterocycles. The molecule has 19 heavy (non-hydrogen) atoms. The normalized spacial score (nSPS) is 20.2. The highest BCUT2D eigenvalue weighted by Gasteiger charge is 2.26. The number of halogens is 2. The lowest BCUT2D eigenvalue weighted by atomic mass is 10.1. The van der Waals surface area contributed by atoms with Gasteiger partial charge in [0.2, 0.25) is 0 Å². The third-order valence-electron chi connectivity index (χ3n) is 3.51. The van der Waals surface area contributed by atoms with Crippen molar-refractivity contribution in [3.05, 3.63) is 32.4 Å². The van der Waals surface area contributed by atoms with Crippen LogP contribution in [0.3, 0.4) is 0 Å². The molecule has 104 valence electrons. The second-order valence-electron chi connectivity index (χ2n) is 4.81. The van der Waals surface area contributed by atoms with Crippen LogP contribution in [0.2, 0.25) is 5.02 Å². The molecular formula is C14H17ClINO2. The number of aliphatic hydroxyl groups is 1. The van der Waals surface area contributed by atoms with Crippen molar-refractivity contribution in [2.75, 3.05) is 13.2 Å². The first-order chi connectivity index (χ1) is 9.13. The number of benzene rings is 1. The fraction of sp³-hybridized carbons (Fsp3) is 0.500. The third-order valence-corrected chi connectivity index (χ3v) is 4.68. The molecule has 1 fully saturated rings. The van der Waals surface area contributed by atoms with E-state index in [9.17, 15) is 9.90 Å². The summed E-state index contributed by atoms with van der Waals surface area (Å²) in [6, 6.07) is 5.28. The average Bonchev–Trinajstić information content (AvgIpc) is 2.65. The molecule has 1 aromatic carbocycles. The Morgan fingerprint density at radius 2 is 2.21 bits per heavy atom. The summed E-state index contributed by atoms with van der Waals surface area (Å²) >= 11 is 8.13. The minimum Gasteiger partial charge on any atom is -0.394 e. The van der Waals surface area contributed by atoms with Gasteiger partial charge in [0.05, 0.1) is 18.2 Å². The van der Waals surface area contributed by atoms with Gasteiger partial charge in [-0.15, -0.1) is 0 Å². The van der Waals surface area contributed by atoms with Gasteiger partial charge in [-0.2, -0.15) is 0 Å². The molecule has 1 unspecified atom stereocenters. The molecule has 1 N–H and O–H groups in total. The van der Waals surface area contributed by atoms with Crippen LogP contribution in [0, 0.1) is 3.57 Å². The summed E-state index contributed by atoms with van der Waals surface area (Å²) in [5.74, 6) is -0.0205. The van der Waals surface area contributed by atoms with Crippen molar-refractivity contribution in [2.24, 2.45) is 0 Å². The summed E-state index contributed by atoms with van der Waals surface area (Å²) in [6.07, 6.45) is 4.06. The summed E-state index contributed by atoms with van der Waals surface area (Å²) in [6.45, 7) is 0.746. The highest BCUT2D eigenvalue weighted by molar-refractivity contribution is 14.1. The molecule has 0 radical (unpaired) electrons. The molecule has 0 spiro atoms. The Bertz CT molecular complexity index is 467. The van der Waals surface area contributed by atoms with E-state index >= 15 is 0 Å². The highest BCUT2D eigenvalue weighted by Crippen LogP contribution is 2.23. The Morgan fingerprint density at radius 3 is 2.95 bits per heavy atom. The lowest BCUT2D eigenvalue weighted by Gasteiger charge is -2.29. The summed E-state index contributed by atoms with van der Waals surface area (Å²) in [7, 11) is 0. The average molecular weight is 394 g/mol. The molecule has 1 aliphatic heterocycles. The van der Waals surface area contributed by atoms with Crippen molar-refractivity contribution in [3.63, 3.8) is 0 Å². The smallest absolute Gasteiger partial charge is 0.255 e. The SMILES string of the molecule is O=C(c1cc(Cl)ccc1I)N1CCCCCC1CO. The Morgan fingerprint density at radius 1 is 1.42 bits per heavy atom. The van der Waals surface area contributed by atoms with Crippen LogP contribution in [0.5, 0.6) is 0 Å². The van der Waals surface area contributed by atoms with Gasteiger partial charge in [0.15, 0.2) is 0 Å². The van der Waals surface area contributed by atoms with E-state index in [1.165, 1.54) is 0 Å². The Balaban J connectivity index is 2.27. The molecule has 0 aromatic heterocycles. The van der Waals surface area contributed by atoms with Crippen LogP contribution in [0.25, 0.3) is 0 Å². The summed E-state index contributed by atoms with van der Waals surface area (Å²) in [4.78, 5) is 14.5. The monoisotopic (exact) mass is 393 g/mol. The zero-order valence-corrected chi connectivity index (χ0v) is 13.5. The van der Waals surface area contributed by atoms with Gasteiger partial charge in [-0.3, -0.25) is 4.79 Å². The Labute approximate surface area is 132 Å². The Kier molecular flexibility index (Phi) is 5.47. The minimum atomic E-state index is -0.0650. The second kappa shape index (κ2) is 6.90. The molecule has 2 rings (SSSR count). The van der Waals surface area contributed by atoms with E-state index in [-0.39, 0.29) is 18.6 Å². The largest absolute Gasteiger partial charge is 0.394 e. The van der Waals surface area contributed by atoms with Gasteiger partial charge in [0, 0.05) is 15.1 Å². The first-order valence-electron chi connectivity index (χ1n) is 6.50. The van der Waals surface area contributed by atoms with Crippen molar-refractivity contribution >= 4 is 40.1 Å². The molecule has 0 bridgehead atoms. The lowest BCUT2D eigenvalue weighted by molar-refractivity contribution is 0.0599. The topological polar surface area (TPSA) is 40.5 Å². The zero-order valence-electron chi connectivity index (χ0n) is 10.6. The van der Waals surface area contributed by atoms with Crippen molar-refractivity contribution in [1.82, 2.24) is 4.90 Å². The van der Waals surface area contributed by atoms with Gasteiger partial charge in [-0.1, -0.05) is 24.4 Å². The molecular weight excluding hydrogens is 377 g/mol. The number of likely N-dealkylation sites (tertiary alicyclic amines) is 1. The van der Waals surface area contributed by atoms with Gasteiger partial charge in [0.25, 0.3) is 5.91 Å². The standard InChI is InChI=1S/C14H17ClINO2/c15-10-5-6-13(16)12(8-10)14(19)17-7-3-1-2-4-11(17)9-18/h5-6,8,11,18H,1-4,7,9H2. The van der Waals surface area contributed by atoms with Crippen molar-refractivity contribution in [2.45, 2.75) is 31.7 Å². The van der Waals surface area contributed by atoms with Crippen LogP contribution in [-0.2, 0) is 0 Å². The number of amides is 1. The predicted molar refractivity (Wildman–Crippen MR) is 84.5 cm³/mol. The summed E-state index contributed by atoms with van der Waals surface area (Å²) in [5.41, 5.74) is 0.633. The van der Waals surface area contributed by atoms with E-state index in [4.69, 9.17) is 11.6 Å². The fourth-order valence-electron chi connectivity index (χ4n) is 2.45. The van der Waals surface area contributed by atoms with E-state index in [2.05, 4.69) is 22.6 Å². The van der Waals surface area contributed by atoms with Crippen LogP contribution < -0.4 is 0 Å². The van der Waals surface area contributed by atoms with Crippen molar-refractivity contribution in [1.29, 1.82) is 0 Å². The summed E-state index contributed by atoms with van der Waals surface area (Å²) in [5, 5.41) is 10.1. The Hall–Kier alpha value is -0.330. The van der Waals surface area contributed by atoms with E-state index in [1.54, 1.807) is 17.0 Å². The van der Waals surface area contributed by atoms with Crippen LogP contribution in [-0.4, -0.2) is 35.1 Å². The number of hydrogen-bond acceptors (Lipinski definition) is 2. The molecule has 1 amide bonds. The number of carbonyl (C=O) groups excluding carboxylic acids is 1. The molecule has 0 aliphatic carbocycles. The minimum absolute atomic E-state index is 0.0205. The van der Waals surface area contributed by atoms with Crippen LogP contribution in [0.1, 0.15) is 36.0 Å². The van der Waals surface area contributed by atoms with Crippen LogP contribution in [0.4, 0.5) is 0 Å². The number of aliphatic hydroxyl groups excluding tert-OH is 1. The number of rotatable bonds is 2. The molecule has 1 atom stereocenters. The highest BCUT2D eigenvalue weighted by atomic mass is 127. The quantitative estimate of drug-likeness (QED) is 0.783. The zero-order chi connectivity index (χ0) is 13.8. The molecule has 3 nitrogen and oxygen atoms in total. The molecule has 1 aliphatic rings. The van der Waals surface area contributed by atoms with E-state index in [0.29, 0.717) is 17.1 Å². The number of nitrogens with zero attached hydrogens (tertiary/aromatic N) is 1. The maximum absolute atomic E-state index is 12.6. The van der Waals surface area contributed by atoms with Crippen LogP contribution >= 0.6 is 34.2 Å². The van der Waals surface area contributed by atoms with E-state index in [0.717, 1.165) is 29.3 Å². The maximum atomic E-state index is 12.6. The fourth-order valence-corrected chi connectivity index (χ4v) is 3.19. The number of hydrogen-bond donors (Lipinski definition) is 1. The first-order valence-corrected chi connectivity index (χ1v) is 7.96. The number of carbonyl (C=O) groups is 1. The summed E-state index contributed by atoms with van der Waals surface area (Å²) < 4.78 is 0.896. The van der Waals surface area contributed by atoms with Crippen LogP contribution in [0.15, 0.2) is 18.2 Å². The van der Waals surface area contributed by atoms with Gasteiger partial charge < -0.3 is 10.0 Å². The molecule has 0 saturated carbocycles. The predicted octanol–water partition coefficient (Wildman–Crippen LogP) is 3.32.